The molecule has 0 atom stereocenters. The monoisotopic (exact) mass is 889 g/mol. The maximum atomic E-state index is 5.99. The summed E-state index contributed by atoms with van der Waals surface area (Å²) in [4.78, 5) is 9.51. The second-order valence-electron chi connectivity index (χ2n) is 16.0. The van der Waals surface area contributed by atoms with Gasteiger partial charge in [-0.05, 0) is 49.1 Å². The Morgan fingerprint density at radius 2 is 1.53 bits per heavy atom. The number of fused-ring (bicyclic) bond motifs is 3. The maximum absolute atomic E-state index is 5.99. The summed E-state index contributed by atoms with van der Waals surface area (Å²) in [6.45, 7) is 11.3. The van der Waals surface area contributed by atoms with Crippen molar-refractivity contribution in [2.24, 2.45) is 11.3 Å². The molecule has 1 saturated carbocycles. The molecule has 6 aromatic rings. The Balaban J connectivity index is 0.000000194. The quantitative estimate of drug-likeness (QED) is 0.124. The third-order valence-electron chi connectivity index (χ3n) is 9.62. The van der Waals surface area contributed by atoms with Crippen LogP contribution < -0.4 is 4.40 Å². The number of benzene rings is 3. The van der Waals surface area contributed by atoms with Gasteiger partial charge in [0, 0.05) is 31.7 Å². The Hall–Kier alpha value is -3.05. The summed E-state index contributed by atoms with van der Waals surface area (Å²) in [6.07, 6.45) is 12.0. The number of hydrogen-bond donors (Lipinski definition) is 0. The van der Waals surface area contributed by atoms with Crippen molar-refractivity contribution >= 4 is 39.6 Å². The van der Waals surface area contributed by atoms with E-state index in [-0.39, 0.29) is 20.1 Å². The largest absolute Gasteiger partial charge is 0.500 e. The first-order chi connectivity index (χ1) is 22.9. The Bertz CT molecular complexity index is 2030. The normalized spacial score (nSPS) is 13.7. The summed E-state index contributed by atoms with van der Waals surface area (Å²) in [5.74, 6) is 8.17. The van der Waals surface area contributed by atoms with E-state index >= 15 is 0 Å². The van der Waals surface area contributed by atoms with Crippen molar-refractivity contribution in [2.75, 3.05) is 0 Å². The molecular formula is C44H50GeIrN2O-2. The summed E-state index contributed by atoms with van der Waals surface area (Å²) >= 11 is -1.90. The van der Waals surface area contributed by atoms with Gasteiger partial charge in [-0.15, -0.1) is 23.8 Å². The fourth-order valence-corrected chi connectivity index (χ4v) is 10.5. The van der Waals surface area contributed by atoms with Gasteiger partial charge in [0.25, 0.3) is 0 Å². The van der Waals surface area contributed by atoms with Crippen molar-refractivity contribution in [1.82, 2.24) is 9.97 Å². The smallest absolute Gasteiger partial charge is 0.121 e. The molecule has 1 aliphatic carbocycles. The Labute approximate surface area is 310 Å². The number of rotatable bonds is 6. The predicted octanol–water partition coefficient (Wildman–Crippen LogP) is 11.5. The van der Waals surface area contributed by atoms with Crippen LogP contribution in [0.2, 0.25) is 17.3 Å². The van der Waals surface area contributed by atoms with E-state index in [1.165, 1.54) is 64.1 Å². The fraction of sp³-hybridized carbons (Fsp3) is 0.364. The molecule has 257 valence electrons. The second-order valence-corrected chi connectivity index (χ2v) is 26.6. The van der Waals surface area contributed by atoms with E-state index in [9.17, 15) is 0 Å². The Kier molecular flexibility index (Phi) is 11.7. The molecule has 0 saturated heterocycles. The average molecular weight is 888 g/mol. The van der Waals surface area contributed by atoms with E-state index in [0.29, 0.717) is 5.41 Å². The molecule has 0 N–H and O–H groups in total. The molecular weight excluding hydrogens is 837 g/mol. The van der Waals surface area contributed by atoms with E-state index in [4.69, 9.17) is 14.4 Å². The van der Waals surface area contributed by atoms with Gasteiger partial charge in [0.2, 0.25) is 0 Å². The van der Waals surface area contributed by atoms with Gasteiger partial charge in [0.1, 0.15) is 5.58 Å². The average Bonchev–Trinajstić information content (AvgIpc) is 3.69. The van der Waals surface area contributed by atoms with E-state index in [0.717, 1.165) is 51.4 Å². The van der Waals surface area contributed by atoms with Gasteiger partial charge in [-0.1, -0.05) is 54.8 Å². The molecule has 3 nitrogen and oxygen atoms in total. The number of aryl methyl sites for hydroxylation is 2. The van der Waals surface area contributed by atoms with Crippen LogP contribution in [0.1, 0.15) is 68.7 Å². The summed E-state index contributed by atoms with van der Waals surface area (Å²) in [7, 11) is 0. The first kappa shape index (κ1) is 37.2. The molecule has 5 heteroatoms. The summed E-state index contributed by atoms with van der Waals surface area (Å²) in [6, 6.07) is 29.6. The zero-order chi connectivity index (χ0) is 34.1. The molecule has 3 aromatic heterocycles. The third-order valence-corrected chi connectivity index (χ3v) is 14.0. The van der Waals surface area contributed by atoms with Crippen LogP contribution in [-0.2, 0) is 32.9 Å². The van der Waals surface area contributed by atoms with Crippen LogP contribution in [0.15, 0.2) is 83.5 Å². The van der Waals surface area contributed by atoms with Crippen LogP contribution in [-0.4, -0.2) is 23.2 Å². The molecule has 0 amide bonds. The summed E-state index contributed by atoms with van der Waals surface area (Å²) < 4.78 is 7.52. The molecule has 1 radical (unpaired) electrons. The molecule has 7 rings (SSSR count). The fourth-order valence-electron chi connectivity index (χ4n) is 7.16. The molecule has 3 aromatic carbocycles. The van der Waals surface area contributed by atoms with Crippen molar-refractivity contribution in [2.45, 2.75) is 90.4 Å². The van der Waals surface area contributed by atoms with Crippen LogP contribution >= 0.6 is 0 Å². The maximum Gasteiger partial charge on any atom is 0.121 e. The number of furan rings is 1. The van der Waals surface area contributed by atoms with Crippen LogP contribution in [0.25, 0.3) is 44.5 Å². The first-order valence-electron chi connectivity index (χ1n) is 17.6. The Morgan fingerprint density at radius 3 is 2.20 bits per heavy atom. The number of hydrogen-bond acceptors (Lipinski definition) is 3. The number of pyridine rings is 2. The molecule has 49 heavy (non-hydrogen) atoms. The van der Waals surface area contributed by atoms with Gasteiger partial charge in [-0.3, -0.25) is 0 Å². The van der Waals surface area contributed by atoms with Crippen molar-refractivity contribution in [3.8, 4) is 22.5 Å². The zero-order valence-electron chi connectivity index (χ0n) is 30.5. The topological polar surface area (TPSA) is 38.9 Å². The van der Waals surface area contributed by atoms with E-state index in [1.807, 2.05) is 36.4 Å². The van der Waals surface area contributed by atoms with Crippen LogP contribution in [0.4, 0.5) is 0 Å². The second kappa shape index (κ2) is 15.5. The number of aromatic nitrogens is 2. The third kappa shape index (κ3) is 9.01. The Morgan fingerprint density at radius 1 is 0.796 bits per heavy atom. The molecule has 0 spiro atoms. The van der Waals surface area contributed by atoms with Crippen molar-refractivity contribution in [3.63, 3.8) is 0 Å². The van der Waals surface area contributed by atoms with E-state index in [2.05, 4.69) is 107 Å². The molecule has 1 fully saturated rings. The van der Waals surface area contributed by atoms with Crippen LogP contribution in [0.3, 0.4) is 0 Å². The number of nitrogens with zero attached hydrogens (tertiary/aromatic N) is 2. The SMILES string of the molecule is CC(C)(C)Cc1cc(-c2[c-]cccc2)nc[c]1[Ge]([CH3])([CH3])[CH3].Cc1cc(-c2[c-]cc3oc4cccc(C)c4c3c2)ncc1CC1CCCC1.[Ir]. The van der Waals surface area contributed by atoms with Crippen molar-refractivity contribution in [1.29, 1.82) is 0 Å². The minimum atomic E-state index is -1.90. The minimum absolute atomic E-state index is 0. The minimum Gasteiger partial charge on any atom is -0.500 e. The first-order valence-corrected chi connectivity index (χ1v) is 25.0. The molecule has 1 aliphatic rings. The van der Waals surface area contributed by atoms with E-state index < -0.39 is 13.3 Å². The molecule has 3 heterocycles. The molecule has 0 aliphatic heterocycles. The van der Waals surface area contributed by atoms with Gasteiger partial charge < -0.3 is 9.40 Å². The van der Waals surface area contributed by atoms with Gasteiger partial charge in [-0.25, -0.2) is 0 Å². The van der Waals surface area contributed by atoms with E-state index in [1.54, 1.807) is 0 Å². The van der Waals surface area contributed by atoms with Crippen molar-refractivity contribution in [3.05, 3.63) is 114 Å². The van der Waals surface area contributed by atoms with Crippen LogP contribution in [0.5, 0.6) is 0 Å². The predicted molar refractivity (Wildman–Crippen MR) is 206 cm³/mol. The van der Waals surface area contributed by atoms with Crippen molar-refractivity contribution < 1.29 is 24.5 Å². The van der Waals surface area contributed by atoms with Gasteiger partial charge in [-0.2, -0.15) is 0 Å². The van der Waals surface area contributed by atoms with Gasteiger partial charge in [0.05, 0.1) is 5.58 Å². The van der Waals surface area contributed by atoms with Gasteiger partial charge in [0.15, 0.2) is 0 Å². The zero-order valence-corrected chi connectivity index (χ0v) is 35.0. The van der Waals surface area contributed by atoms with Gasteiger partial charge >= 0.3 is 132 Å². The molecule has 0 unspecified atom stereocenters. The molecule has 0 bridgehead atoms. The van der Waals surface area contributed by atoms with Crippen LogP contribution in [0, 0.1) is 37.3 Å². The summed E-state index contributed by atoms with van der Waals surface area (Å²) in [5, 5.41) is 2.34. The standard InChI is InChI=1S/C25H24NO.C19H26GeN.Ir/c1-16-6-5-9-24-25(16)21-14-19(10-11-23(21)27-24)22-12-17(2)20(15-26-22)13-18-7-3-4-8-18;1-19(2,3)13-16-12-18(15-10-8-7-9-11-15)21-14-17(16)20(4,5)6;/h5-6,9,11-12,14-15,18H,3-4,7-8,13H2,1-2H3;7-10,12,14H,13H2,1-6H3;/q2*-1;. The summed E-state index contributed by atoms with van der Waals surface area (Å²) in [5.41, 5.74) is 11.7.